The highest BCUT2D eigenvalue weighted by atomic mass is 16.2. The van der Waals surface area contributed by atoms with Gasteiger partial charge in [0.25, 0.3) is 0 Å². The third-order valence-electron chi connectivity index (χ3n) is 4.10. The number of carbonyl (C=O) groups is 1. The maximum absolute atomic E-state index is 12.3. The van der Waals surface area contributed by atoms with E-state index < -0.39 is 0 Å². The van der Waals surface area contributed by atoms with Crippen LogP contribution in [0.4, 0.5) is 0 Å². The number of nitrogens with one attached hydrogen (secondary N) is 1. The topological polar surface area (TPSA) is 32.3 Å². The van der Waals surface area contributed by atoms with Gasteiger partial charge in [-0.2, -0.15) is 0 Å². The molecule has 1 unspecified atom stereocenters. The zero-order chi connectivity index (χ0) is 11.4. The third kappa shape index (κ3) is 2.76. The Bertz CT molecular complexity index is 236. The molecule has 2 aliphatic heterocycles. The molecule has 1 atom stereocenters. The largest absolute Gasteiger partial charge is 0.342 e. The van der Waals surface area contributed by atoms with Gasteiger partial charge in [0.1, 0.15) is 0 Å². The normalized spacial score (nSPS) is 28.1. The lowest BCUT2D eigenvalue weighted by molar-refractivity contribution is -0.138. The lowest BCUT2D eigenvalue weighted by Crippen LogP contribution is -2.45. The highest BCUT2D eigenvalue weighted by molar-refractivity contribution is 5.79. The van der Waals surface area contributed by atoms with E-state index in [-0.39, 0.29) is 0 Å². The Labute approximate surface area is 98.6 Å². The van der Waals surface area contributed by atoms with Crippen LogP contribution in [0.15, 0.2) is 0 Å². The molecule has 1 N–H and O–H groups in total. The standard InChI is InChI=1S/C13H24N2O/c1-2-11-4-3-9-15(10-11)13(16)12-5-7-14-8-6-12/h11-12,14H,2-10H2,1H3. The minimum Gasteiger partial charge on any atom is -0.342 e. The second-order valence-corrected chi connectivity index (χ2v) is 5.23. The molecule has 0 aromatic carbocycles. The summed E-state index contributed by atoms with van der Waals surface area (Å²) in [6.07, 6.45) is 5.80. The molecule has 2 heterocycles. The van der Waals surface area contributed by atoms with Gasteiger partial charge in [0.2, 0.25) is 5.91 Å². The van der Waals surface area contributed by atoms with Gasteiger partial charge in [-0.15, -0.1) is 0 Å². The van der Waals surface area contributed by atoms with E-state index in [0.717, 1.165) is 44.9 Å². The fourth-order valence-corrected chi connectivity index (χ4v) is 2.93. The van der Waals surface area contributed by atoms with Crippen LogP contribution in [-0.4, -0.2) is 37.0 Å². The molecule has 0 aromatic rings. The summed E-state index contributed by atoms with van der Waals surface area (Å²) in [7, 11) is 0. The summed E-state index contributed by atoms with van der Waals surface area (Å²) < 4.78 is 0. The molecule has 3 nitrogen and oxygen atoms in total. The number of amides is 1. The van der Waals surface area contributed by atoms with Crippen molar-refractivity contribution in [3.05, 3.63) is 0 Å². The summed E-state index contributed by atoms with van der Waals surface area (Å²) in [5, 5.41) is 3.32. The average molecular weight is 224 g/mol. The number of likely N-dealkylation sites (tertiary alicyclic amines) is 1. The molecule has 16 heavy (non-hydrogen) atoms. The second kappa shape index (κ2) is 5.67. The molecule has 0 bridgehead atoms. The van der Waals surface area contributed by atoms with Gasteiger partial charge in [-0.1, -0.05) is 13.3 Å². The van der Waals surface area contributed by atoms with E-state index in [9.17, 15) is 4.79 Å². The summed E-state index contributed by atoms with van der Waals surface area (Å²) >= 11 is 0. The van der Waals surface area contributed by atoms with Crippen molar-refractivity contribution in [2.24, 2.45) is 11.8 Å². The van der Waals surface area contributed by atoms with Gasteiger partial charge in [0.05, 0.1) is 0 Å². The first-order chi connectivity index (χ1) is 7.81. The maximum atomic E-state index is 12.3. The van der Waals surface area contributed by atoms with E-state index in [1.165, 1.54) is 19.3 Å². The Kier molecular flexibility index (Phi) is 4.22. The zero-order valence-corrected chi connectivity index (χ0v) is 10.4. The molecule has 0 aliphatic carbocycles. The van der Waals surface area contributed by atoms with E-state index in [2.05, 4.69) is 17.1 Å². The van der Waals surface area contributed by atoms with Crippen molar-refractivity contribution >= 4 is 5.91 Å². The molecule has 2 saturated heterocycles. The van der Waals surface area contributed by atoms with Crippen molar-refractivity contribution in [1.29, 1.82) is 0 Å². The number of carbonyl (C=O) groups excluding carboxylic acids is 1. The van der Waals surface area contributed by atoms with Crippen LogP contribution >= 0.6 is 0 Å². The lowest BCUT2D eigenvalue weighted by atomic mass is 9.92. The fraction of sp³-hybridized carbons (Fsp3) is 0.923. The van der Waals surface area contributed by atoms with Crippen LogP contribution in [0.3, 0.4) is 0 Å². The molecule has 2 rings (SSSR count). The third-order valence-corrected chi connectivity index (χ3v) is 4.10. The average Bonchev–Trinajstić information content (AvgIpc) is 2.39. The first kappa shape index (κ1) is 11.9. The van der Waals surface area contributed by atoms with Crippen molar-refractivity contribution in [2.45, 2.75) is 39.0 Å². The van der Waals surface area contributed by atoms with Crippen LogP contribution in [0.1, 0.15) is 39.0 Å². The van der Waals surface area contributed by atoms with Crippen LogP contribution < -0.4 is 5.32 Å². The Morgan fingerprint density at radius 3 is 2.75 bits per heavy atom. The highest BCUT2D eigenvalue weighted by Crippen LogP contribution is 2.23. The Hall–Kier alpha value is -0.570. The molecule has 0 spiro atoms. The minimum atomic E-state index is 0.303. The van der Waals surface area contributed by atoms with Gasteiger partial charge in [-0.05, 0) is 44.7 Å². The monoisotopic (exact) mass is 224 g/mol. The van der Waals surface area contributed by atoms with E-state index in [0.29, 0.717) is 11.8 Å². The number of hydrogen-bond acceptors (Lipinski definition) is 2. The predicted molar refractivity (Wildman–Crippen MR) is 65.2 cm³/mol. The summed E-state index contributed by atoms with van der Waals surface area (Å²) in [6.45, 7) is 6.28. The van der Waals surface area contributed by atoms with Crippen LogP contribution in [0.25, 0.3) is 0 Å². The molecular weight excluding hydrogens is 200 g/mol. The van der Waals surface area contributed by atoms with Crippen molar-refractivity contribution in [3.8, 4) is 0 Å². The van der Waals surface area contributed by atoms with Gasteiger partial charge in [-0.3, -0.25) is 4.79 Å². The van der Waals surface area contributed by atoms with Gasteiger partial charge in [0.15, 0.2) is 0 Å². The maximum Gasteiger partial charge on any atom is 0.225 e. The van der Waals surface area contributed by atoms with E-state index >= 15 is 0 Å². The van der Waals surface area contributed by atoms with Crippen molar-refractivity contribution < 1.29 is 4.79 Å². The van der Waals surface area contributed by atoms with Crippen molar-refractivity contribution in [1.82, 2.24) is 10.2 Å². The number of nitrogens with zero attached hydrogens (tertiary/aromatic N) is 1. The number of hydrogen-bond donors (Lipinski definition) is 1. The van der Waals surface area contributed by atoms with Gasteiger partial charge in [-0.25, -0.2) is 0 Å². The molecule has 0 radical (unpaired) electrons. The Morgan fingerprint density at radius 2 is 2.06 bits per heavy atom. The predicted octanol–water partition coefficient (Wildman–Crippen LogP) is 1.63. The molecule has 1 amide bonds. The molecule has 3 heteroatoms. The smallest absolute Gasteiger partial charge is 0.225 e. The van der Waals surface area contributed by atoms with E-state index in [4.69, 9.17) is 0 Å². The quantitative estimate of drug-likeness (QED) is 0.773. The van der Waals surface area contributed by atoms with Gasteiger partial charge < -0.3 is 10.2 Å². The van der Waals surface area contributed by atoms with Crippen molar-refractivity contribution in [3.63, 3.8) is 0 Å². The van der Waals surface area contributed by atoms with E-state index in [1.54, 1.807) is 0 Å². The number of piperidine rings is 2. The number of rotatable bonds is 2. The van der Waals surface area contributed by atoms with Gasteiger partial charge >= 0.3 is 0 Å². The van der Waals surface area contributed by atoms with Crippen LogP contribution in [0.5, 0.6) is 0 Å². The molecule has 2 fully saturated rings. The first-order valence-corrected chi connectivity index (χ1v) is 6.80. The zero-order valence-electron chi connectivity index (χ0n) is 10.4. The highest BCUT2D eigenvalue weighted by Gasteiger charge is 2.28. The summed E-state index contributed by atoms with van der Waals surface area (Å²) in [6, 6.07) is 0. The molecule has 0 aromatic heterocycles. The molecular formula is C13H24N2O. The summed E-state index contributed by atoms with van der Waals surface area (Å²) in [5.41, 5.74) is 0. The van der Waals surface area contributed by atoms with Gasteiger partial charge in [0, 0.05) is 19.0 Å². The van der Waals surface area contributed by atoms with Crippen LogP contribution in [-0.2, 0) is 4.79 Å². The molecule has 92 valence electrons. The molecule has 2 aliphatic rings. The summed E-state index contributed by atoms with van der Waals surface area (Å²) in [5.74, 6) is 1.48. The minimum absolute atomic E-state index is 0.303. The SMILES string of the molecule is CCC1CCCN(C(=O)C2CCNCC2)C1. The van der Waals surface area contributed by atoms with E-state index in [1.807, 2.05) is 0 Å². The first-order valence-electron chi connectivity index (χ1n) is 6.80. The summed E-state index contributed by atoms with van der Waals surface area (Å²) in [4.78, 5) is 14.4. The van der Waals surface area contributed by atoms with Crippen LogP contribution in [0, 0.1) is 11.8 Å². The van der Waals surface area contributed by atoms with Crippen molar-refractivity contribution in [2.75, 3.05) is 26.2 Å². The fourth-order valence-electron chi connectivity index (χ4n) is 2.93. The lowest BCUT2D eigenvalue weighted by Gasteiger charge is -2.35. The van der Waals surface area contributed by atoms with Crippen LogP contribution in [0.2, 0.25) is 0 Å². The Morgan fingerprint density at radius 1 is 1.31 bits per heavy atom. The molecule has 0 saturated carbocycles. The Balaban J connectivity index is 1.87. The second-order valence-electron chi connectivity index (χ2n) is 5.23.